The number of ether oxygens (including phenoxy) is 1. The summed E-state index contributed by atoms with van der Waals surface area (Å²) >= 11 is 0. The zero-order chi connectivity index (χ0) is 26.5. The minimum atomic E-state index is -1.03. The van der Waals surface area contributed by atoms with Gasteiger partial charge in [0, 0.05) is 13.1 Å². The lowest BCUT2D eigenvalue weighted by Crippen LogP contribution is -2.59. The fourth-order valence-corrected chi connectivity index (χ4v) is 4.88. The fraction of sp³-hybridized carbons (Fsp3) is 0.615. The summed E-state index contributed by atoms with van der Waals surface area (Å²) in [5.41, 5.74) is 1.82. The Bertz CT molecular complexity index is 950. The highest BCUT2D eigenvalue weighted by Gasteiger charge is 2.42. The molecular formula is C26H38N4O6. The first-order valence-corrected chi connectivity index (χ1v) is 12.6. The second-order valence-corrected chi connectivity index (χ2v) is 10.6. The number of hydrogen-bond acceptors (Lipinski definition) is 5. The zero-order valence-corrected chi connectivity index (χ0v) is 21.5. The lowest BCUT2D eigenvalue weighted by molar-refractivity contribution is -0.149. The van der Waals surface area contributed by atoms with Crippen LogP contribution in [0.25, 0.3) is 0 Å². The van der Waals surface area contributed by atoms with E-state index in [1.807, 2.05) is 45.0 Å². The minimum absolute atomic E-state index is 0.0382. The third-order valence-corrected chi connectivity index (χ3v) is 6.98. The molecule has 4 amide bonds. The van der Waals surface area contributed by atoms with Gasteiger partial charge in [-0.3, -0.25) is 4.79 Å². The molecule has 0 bridgehead atoms. The average molecular weight is 503 g/mol. The molecule has 1 aromatic rings. The molecular weight excluding hydrogens is 464 g/mol. The normalized spacial score (nSPS) is 19.2. The van der Waals surface area contributed by atoms with Crippen LogP contribution in [0.5, 0.6) is 0 Å². The topological polar surface area (TPSA) is 137 Å². The smallest absolute Gasteiger partial charge is 0.407 e. The first-order valence-electron chi connectivity index (χ1n) is 12.6. The molecule has 1 aromatic carbocycles. The molecule has 3 atom stereocenters. The van der Waals surface area contributed by atoms with Crippen LogP contribution >= 0.6 is 0 Å². The standard InChI is InChI=1S/C26H38N4O6/c1-5-27-25(35)36-15-20(26(2,3)4)28-24(34)29-21(18-13-16-9-6-7-10-17(16)14-18)22(31)30-12-8-11-19(30)23(32)33/h6-7,9-10,18-21H,5,8,11-15H2,1-4H3,(H,27,35)(H,32,33)(H2,28,29,34)/t19-,20+,21-/m0/s1. The lowest BCUT2D eigenvalue weighted by atomic mass is 9.87. The van der Waals surface area contributed by atoms with Crippen molar-refractivity contribution in [3.8, 4) is 0 Å². The number of carboxylic acids is 1. The lowest BCUT2D eigenvalue weighted by Gasteiger charge is -2.33. The van der Waals surface area contributed by atoms with E-state index in [1.165, 1.54) is 4.90 Å². The first-order chi connectivity index (χ1) is 17.0. The Morgan fingerprint density at radius 1 is 1.11 bits per heavy atom. The van der Waals surface area contributed by atoms with Crippen molar-refractivity contribution >= 4 is 24.0 Å². The largest absolute Gasteiger partial charge is 0.480 e. The van der Waals surface area contributed by atoms with Gasteiger partial charge in [0.2, 0.25) is 5.91 Å². The fourth-order valence-electron chi connectivity index (χ4n) is 4.88. The van der Waals surface area contributed by atoms with Gasteiger partial charge < -0.3 is 30.7 Å². The summed E-state index contributed by atoms with van der Waals surface area (Å²) in [5.74, 6) is -1.61. The monoisotopic (exact) mass is 502 g/mol. The quantitative estimate of drug-likeness (QED) is 0.431. The Morgan fingerprint density at radius 3 is 2.31 bits per heavy atom. The molecule has 1 aliphatic carbocycles. The Labute approximate surface area is 212 Å². The van der Waals surface area contributed by atoms with E-state index in [2.05, 4.69) is 16.0 Å². The molecule has 0 unspecified atom stereocenters. The van der Waals surface area contributed by atoms with Crippen LogP contribution in [0, 0.1) is 11.3 Å². The summed E-state index contributed by atoms with van der Waals surface area (Å²) in [5, 5.41) is 17.9. The van der Waals surface area contributed by atoms with Crippen LogP contribution in [-0.4, -0.2) is 71.8 Å². The Balaban J connectivity index is 1.76. The van der Waals surface area contributed by atoms with Gasteiger partial charge >= 0.3 is 18.1 Å². The van der Waals surface area contributed by atoms with Crippen LogP contribution in [0.3, 0.4) is 0 Å². The van der Waals surface area contributed by atoms with E-state index in [9.17, 15) is 24.3 Å². The maximum absolute atomic E-state index is 13.6. The molecule has 0 spiro atoms. The van der Waals surface area contributed by atoms with Crippen molar-refractivity contribution in [2.45, 2.75) is 71.5 Å². The number of alkyl carbamates (subject to hydrolysis) is 1. The number of aliphatic carboxylic acids is 1. The summed E-state index contributed by atoms with van der Waals surface area (Å²) in [6, 6.07) is 5.07. The van der Waals surface area contributed by atoms with E-state index in [-0.39, 0.29) is 18.4 Å². The van der Waals surface area contributed by atoms with Crippen LogP contribution < -0.4 is 16.0 Å². The van der Waals surface area contributed by atoms with Crippen molar-refractivity contribution in [3.05, 3.63) is 35.4 Å². The summed E-state index contributed by atoms with van der Waals surface area (Å²) in [7, 11) is 0. The predicted molar refractivity (Wildman–Crippen MR) is 133 cm³/mol. The van der Waals surface area contributed by atoms with Crippen LogP contribution in [-0.2, 0) is 27.2 Å². The molecule has 0 radical (unpaired) electrons. The average Bonchev–Trinajstić information content (AvgIpc) is 3.46. The first kappa shape index (κ1) is 27.3. The van der Waals surface area contributed by atoms with Crippen molar-refractivity contribution in [1.29, 1.82) is 0 Å². The van der Waals surface area contributed by atoms with E-state index >= 15 is 0 Å². The van der Waals surface area contributed by atoms with E-state index in [0.29, 0.717) is 38.8 Å². The molecule has 10 nitrogen and oxygen atoms in total. The maximum atomic E-state index is 13.6. The van der Waals surface area contributed by atoms with Crippen molar-refractivity contribution < 1.29 is 29.0 Å². The van der Waals surface area contributed by atoms with Gasteiger partial charge in [-0.15, -0.1) is 0 Å². The molecule has 3 rings (SSSR count). The van der Waals surface area contributed by atoms with Gasteiger partial charge in [-0.05, 0) is 55.1 Å². The van der Waals surface area contributed by atoms with E-state index in [0.717, 1.165) is 11.1 Å². The third-order valence-electron chi connectivity index (χ3n) is 6.98. The number of hydrogen-bond donors (Lipinski definition) is 4. The number of urea groups is 1. The van der Waals surface area contributed by atoms with Crippen LogP contribution in [0.1, 0.15) is 51.7 Å². The highest BCUT2D eigenvalue weighted by molar-refractivity contribution is 5.91. The summed E-state index contributed by atoms with van der Waals surface area (Å²) < 4.78 is 5.26. The second-order valence-electron chi connectivity index (χ2n) is 10.6. The van der Waals surface area contributed by atoms with Crippen molar-refractivity contribution in [1.82, 2.24) is 20.9 Å². The Hall–Kier alpha value is -3.30. The van der Waals surface area contributed by atoms with Crippen LogP contribution in [0.4, 0.5) is 9.59 Å². The SMILES string of the molecule is CCNC(=O)OC[C@@H](NC(=O)N[C@H](C(=O)N1CCC[C@H]1C(=O)O)C1Cc2ccccc2C1)C(C)(C)C. The van der Waals surface area contributed by atoms with E-state index in [4.69, 9.17) is 4.74 Å². The molecule has 2 aliphatic rings. The number of likely N-dealkylation sites (tertiary alicyclic amines) is 1. The van der Waals surface area contributed by atoms with Crippen molar-refractivity contribution in [2.24, 2.45) is 11.3 Å². The number of carboxylic acid groups (broad SMARTS) is 1. The molecule has 1 aliphatic heterocycles. The van der Waals surface area contributed by atoms with E-state index < -0.39 is 41.6 Å². The number of fused-ring (bicyclic) bond motifs is 1. The minimum Gasteiger partial charge on any atom is -0.480 e. The molecule has 198 valence electrons. The summed E-state index contributed by atoms with van der Waals surface area (Å²) in [4.78, 5) is 51.7. The molecule has 4 N–H and O–H groups in total. The van der Waals surface area contributed by atoms with Gasteiger partial charge in [-0.2, -0.15) is 0 Å². The number of rotatable bonds is 8. The van der Waals surface area contributed by atoms with Gasteiger partial charge in [0.15, 0.2) is 0 Å². The Morgan fingerprint density at radius 2 is 1.75 bits per heavy atom. The van der Waals surface area contributed by atoms with Crippen molar-refractivity contribution in [3.63, 3.8) is 0 Å². The number of amides is 4. The van der Waals surface area contributed by atoms with Crippen LogP contribution in [0.2, 0.25) is 0 Å². The van der Waals surface area contributed by atoms with Gasteiger partial charge in [0.05, 0.1) is 6.04 Å². The maximum Gasteiger partial charge on any atom is 0.407 e. The molecule has 1 fully saturated rings. The Kier molecular flexibility index (Phi) is 8.81. The number of nitrogens with one attached hydrogen (secondary N) is 3. The number of carbonyl (C=O) groups excluding carboxylic acids is 3. The molecule has 36 heavy (non-hydrogen) atoms. The summed E-state index contributed by atoms with van der Waals surface area (Å²) in [6.07, 6.45) is 1.66. The second kappa shape index (κ2) is 11.6. The highest BCUT2D eigenvalue weighted by atomic mass is 16.5. The highest BCUT2D eigenvalue weighted by Crippen LogP contribution is 2.31. The molecule has 0 aromatic heterocycles. The summed E-state index contributed by atoms with van der Waals surface area (Å²) in [6.45, 7) is 8.25. The van der Waals surface area contributed by atoms with Gasteiger partial charge in [-0.1, -0.05) is 45.0 Å². The molecule has 10 heteroatoms. The van der Waals surface area contributed by atoms with Crippen molar-refractivity contribution in [2.75, 3.05) is 19.7 Å². The van der Waals surface area contributed by atoms with Gasteiger partial charge in [0.25, 0.3) is 0 Å². The number of carbonyl (C=O) groups is 4. The number of nitrogens with zero attached hydrogens (tertiary/aromatic N) is 1. The van der Waals surface area contributed by atoms with Crippen LogP contribution in [0.15, 0.2) is 24.3 Å². The van der Waals surface area contributed by atoms with E-state index in [1.54, 1.807) is 6.92 Å². The number of benzene rings is 1. The predicted octanol–water partition coefficient (Wildman–Crippen LogP) is 2.31. The van der Waals surface area contributed by atoms with Gasteiger partial charge in [0.1, 0.15) is 18.7 Å². The van der Waals surface area contributed by atoms with Gasteiger partial charge in [-0.25, -0.2) is 14.4 Å². The molecule has 1 heterocycles. The third kappa shape index (κ3) is 6.67. The molecule has 1 saturated heterocycles. The zero-order valence-electron chi connectivity index (χ0n) is 21.5. The molecule has 0 saturated carbocycles.